The average Bonchev–Trinajstić information content (AvgIpc) is 2.39. The van der Waals surface area contributed by atoms with Crippen molar-refractivity contribution in [3.63, 3.8) is 0 Å². The van der Waals surface area contributed by atoms with Crippen LogP contribution in [0.5, 0.6) is 0 Å². The SMILES string of the molecule is CC1(C(=O)N2CCC[C@@H](C(=O)O)C2)CCCCN1. The quantitative estimate of drug-likeness (QED) is 0.766. The van der Waals surface area contributed by atoms with Gasteiger partial charge in [-0.3, -0.25) is 9.59 Å². The molecule has 2 saturated heterocycles. The van der Waals surface area contributed by atoms with E-state index in [9.17, 15) is 9.59 Å². The van der Waals surface area contributed by atoms with Crippen molar-refractivity contribution < 1.29 is 14.7 Å². The first-order valence-electron chi connectivity index (χ1n) is 6.80. The van der Waals surface area contributed by atoms with Gasteiger partial charge in [0.15, 0.2) is 0 Å². The van der Waals surface area contributed by atoms with Crippen LogP contribution in [0.1, 0.15) is 39.0 Å². The van der Waals surface area contributed by atoms with Crippen molar-refractivity contribution in [2.45, 2.75) is 44.6 Å². The lowest BCUT2D eigenvalue weighted by atomic mass is 9.88. The third kappa shape index (κ3) is 2.66. The zero-order valence-electron chi connectivity index (χ0n) is 10.9. The lowest BCUT2D eigenvalue weighted by Gasteiger charge is -2.40. The lowest BCUT2D eigenvalue weighted by Crippen LogP contribution is -2.59. The maximum Gasteiger partial charge on any atom is 0.308 e. The van der Waals surface area contributed by atoms with Crippen molar-refractivity contribution in [1.29, 1.82) is 0 Å². The molecule has 1 amide bonds. The first-order chi connectivity index (χ1) is 8.53. The number of nitrogens with one attached hydrogen (secondary N) is 1. The van der Waals surface area contributed by atoms with Crippen LogP contribution in [-0.2, 0) is 9.59 Å². The minimum atomic E-state index is -0.783. The van der Waals surface area contributed by atoms with E-state index in [-0.39, 0.29) is 5.91 Å². The van der Waals surface area contributed by atoms with Crippen LogP contribution < -0.4 is 5.32 Å². The van der Waals surface area contributed by atoms with Crippen LogP contribution in [0.2, 0.25) is 0 Å². The Kier molecular flexibility index (Phi) is 3.90. The highest BCUT2D eigenvalue weighted by Crippen LogP contribution is 2.25. The fraction of sp³-hybridized carbons (Fsp3) is 0.846. The monoisotopic (exact) mass is 254 g/mol. The zero-order chi connectivity index (χ0) is 13.2. The molecule has 0 aromatic carbocycles. The standard InChI is InChI=1S/C13H22N2O3/c1-13(6-2-3-7-14-13)12(18)15-8-4-5-10(9-15)11(16)17/h10,14H,2-9H2,1H3,(H,16,17)/t10-,13?/m1/s1. The number of aliphatic carboxylic acids is 1. The number of hydrogen-bond donors (Lipinski definition) is 2. The lowest BCUT2D eigenvalue weighted by molar-refractivity contribution is -0.148. The molecule has 0 bridgehead atoms. The van der Waals surface area contributed by atoms with E-state index in [1.807, 2.05) is 6.92 Å². The Morgan fingerprint density at radius 3 is 2.72 bits per heavy atom. The van der Waals surface area contributed by atoms with E-state index in [0.29, 0.717) is 19.5 Å². The molecule has 0 saturated carbocycles. The molecule has 5 nitrogen and oxygen atoms in total. The van der Waals surface area contributed by atoms with Crippen LogP contribution in [0.15, 0.2) is 0 Å². The normalized spacial score (nSPS) is 33.2. The predicted octanol–water partition coefficient (Wildman–Crippen LogP) is 0.842. The Labute approximate surface area is 108 Å². The molecular weight excluding hydrogens is 232 g/mol. The van der Waals surface area contributed by atoms with E-state index in [2.05, 4.69) is 5.32 Å². The topological polar surface area (TPSA) is 69.6 Å². The van der Waals surface area contributed by atoms with Gasteiger partial charge in [0, 0.05) is 13.1 Å². The van der Waals surface area contributed by atoms with Crippen molar-refractivity contribution in [2.75, 3.05) is 19.6 Å². The molecule has 0 aliphatic carbocycles. The zero-order valence-corrected chi connectivity index (χ0v) is 10.9. The molecule has 2 rings (SSSR count). The minimum Gasteiger partial charge on any atom is -0.481 e. The van der Waals surface area contributed by atoms with E-state index in [1.165, 1.54) is 0 Å². The molecule has 0 spiro atoms. The third-order valence-electron chi connectivity index (χ3n) is 4.15. The Morgan fingerprint density at radius 1 is 1.33 bits per heavy atom. The molecule has 1 unspecified atom stereocenters. The van der Waals surface area contributed by atoms with Gasteiger partial charge in [0.2, 0.25) is 5.91 Å². The predicted molar refractivity (Wildman–Crippen MR) is 67.2 cm³/mol. The number of hydrogen-bond acceptors (Lipinski definition) is 3. The minimum absolute atomic E-state index is 0.0770. The van der Waals surface area contributed by atoms with Gasteiger partial charge in [0.1, 0.15) is 0 Å². The van der Waals surface area contributed by atoms with Crippen molar-refractivity contribution in [3.8, 4) is 0 Å². The number of carboxylic acid groups (broad SMARTS) is 1. The highest BCUT2D eigenvalue weighted by molar-refractivity contribution is 5.86. The summed E-state index contributed by atoms with van der Waals surface area (Å²) in [6.07, 6.45) is 4.49. The maximum absolute atomic E-state index is 12.5. The van der Waals surface area contributed by atoms with Gasteiger partial charge in [-0.1, -0.05) is 0 Å². The highest BCUT2D eigenvalue weighted by Gasteiger charge is 2.39. The number of rotatable bonds is 2. The van der Waals surface area contributed by atoms with E-state index in [4.69, 9.17) is 5.11 Å². The molecule has 0 radical (unpaired) electrons. The van der Waals surface area contributed by atoms with Crippen LogP contribution in [-0.4, -0.2) is 47.1 Å². The number of amides is 1. The molecular formula is C13H22N2O3. The van der Waals surface area contributed by atoms with Crippen LogP contribution in [0.25, 0.3) is 0 Å². The van der Waals surface area contributed by atoms with E-state index < -0.39 is 17.4 Å². The Bertz CT molecular complexity index is 337. The molecule has 5 heteroatoms. The molecule has 0 aromatic heterocycles. The molecule has 102 valence electrons. The number of nitrogens with zero attached hydrogens (tertiary/aromatic N) is 1. The smallest absolute Gasteiger partial charge is 0.308 e. The second kappa shape index (κ2) is 5.26. The number of piperidine rings is 2. The number of carboxylic acids is 1. The largest absolute Gasteiger partial charge is 0.481 e. The van der Waals surface area contributed by atoms with Gasteiger partial charge in [-0.05, 0) is 45.6 Å². The van der Waals surface area contributed by atoms with Gasteiger partial charge >= 0.3 is 5.97 Å². The molecule has 2 aliphatic heterocycles. The summed E-state index contributed by atoms with van der Waals surface area (Å²) in [6.45, 7) is 3.88. The molecule has 0 aromatic rings. The Balaban J connectivity index is 2.01. The van der Waals surface area contributed by atoms with Crippen molar-refractivity contribution >= 4 is 11.9 Å². The van der Waals surface area contributed by atoms with Crippen molar-refractivity contribution in [3.05, 3.63) is 0 Å². The summed E-state index contributed by atoms with van der Waals surface area (Å²) in [6, 6.07) is 0. The van der Waals surface area contributed by atoms with Crippen LogP contribution in [0.3, 0.4) is 0 Å². The second-order valence-electron chi connectivity index (χ2n) is 5.64. The van der Waals surface area contributed by atoms with E-state index >= 15 is 0 Å². The molecule has 2 heterocycles. The summed E-state index contributed by atoms with van der Waals surface area (Å²) in [5.74, 6) is -1.10. The summed E-state index contributed by atoms with van der Waals surface area (Å²) in [7, 11) is 0. The molecule has 2 atom stereocenters. The number of carbonyl (C=O) groups excluding carboxylic acids is 1. The molecule has 2 N–H and O–H groups in total. The Hall–Kier alpha value is -1.10. The fourth-order valence-electron chi connectivity index (χ4n) is 2.95. The average molecular weight is 254 g/mol. The van der Waals surface area contributed by atoms with Gasteiger partial charge < -0.3 is 15.3 Å². The summed E-state index contributed by atoms with van der Waals surface area (Å²) in [5, 5.41) is 12.4. The summed E-state index contributed by atoms with van der Waals surface area (Å²) in [5.41, 5.74) is -0.487. The summed E-state index contributed by atoms with van der Waals surface area (Å²) >= 11 is 0. The van der Waals surface area contributed by atoms with Crippen molar-refractivity contribution in [1.82, 2.24) is 10.2 Å². The number of likely N-dealkylation sites (tertiary alicyclic amines) is 1. The van der Waals surface area contributed by atoms with Gasteiger partial charge in [-0.2, -0.15) is 0 Å². The molecule has 2 aliphatic rings. The van der Waals surface area contributed by atoms with Crippen LogP contribution in [0, 0.1) is 5.92 Å². The maximum atomic E-state index is 12.5. The Morgan fingerprint density at radius 2 is 2.11 bits per heavy atom. The second-order valence-corrected chi connectivity index (χ2v) is 5.64. The summed E-state index contributed by atoms with van der Waals surface area (Å²) < 4.78 is 0. The van der Waals surface area contributed by atoms with Gasteiger partial charge in [0.25, 0.3) is 0 Å². The van der Waals surface area contributed by atoms with Crippen LogP contribution in [0.4, 0.5) is 0 Å². The number of carbonyl (C=O) groups is 2. The molecule has 18 heavy (non-hydrogen) atoms. The van der Waals surface area contributed by atoms with Crippen LogP contribution >= 0.6 is 0 Å². The first-order valence-corrected chi connectivity index (χ1v) is 6.80. The van der Waals surface area contributed by atoms with Gasteiger partial charge in [0.05, 0.1) is 11.5 Å². The fourth-order valence-corrected chi connectivity index (χ4v) is 2.95. The highest BCUT2D eigenvalue weighted by atomic mass is 16.4. The molecule has 2 fully saturated rings. The van der Waals surface area contributed by atoms with Gasteiger partial charge in [-0.25, -0.2) is 0 Å². The third-order valence-corrected chi connectivity index (χ3v) is 4.15. The summed E-state index contributed by atoms with van der Waals surface area (Å²) in [4.78, 5) is 25.3. The van der Waals surface area contributed by atoms with Crippen molar-refractivity contribution in [2.24, 2.45) is 5.92 Å². The van der Waals surface area contributed by atoms with E-state index in [0.717, 1.165) is 32.2 Å². The first kappa shape index (κ1) is 13.3. The van der Waals surface area contributed by atoms with Gasteiger partial charge in [-0.15, -0.1) is 0 Å². The van der Waals surface area contributed by atoms with E-state index in [1.54, 1.807) is 4.90 Å².